The number of benzene rings is 1. The average molecular weight is 370 g/mol. The maximum absolute atomic E-state index is 13.6. The molecule has 3 rings (SSSR count). The molecule has 138 valence electrons. The molecule has 0 radical (unpaired) electrons. The van der Waals surface area contributed by atoms with Crippen molar-refractivity contribution in [2.24, 2.45) is 0 Å². The second kappa shape index (κ2) is 7.22. The zero-order valence-corrected chi connectivity index (χ0v) is 13.5. The number of amides is 1. The van der Waals surface area contributed by atoms with E-state index >= 15 is 0 Å². The van der Waals surface area contributed by atoms with Crippen molar-refractivity contribution in [3.05, 3.63) is 46.8 Å². The fourth-order valence-corrected chi connectivity index (χ4v) is 2.78. The number of hydrogen-bond donors (Lipinski definition) is 0. The van der Waals surface area contributed by atoms with Crippen LogP contribution in [-0.4, -0.2) is 37.9 Å². The number of Topliss-reactive ketones (excluding diaryl/α,β-unsaturated/α-hetero) is 1. The molecule has 0 fully saturated rings. The molecule has 0 saturated heterocycles. The summed E-state index contributed by atoms with van der Waals surface area (Å²) in [4.78, 5) is 25.6. The first-order valence-electron chi connectivity index (χ1n) is 7.79. The second-order valence-electron chi connectivity index (χ2n) is 5.88. The lowest BCUT2D eigenvalue weighted by Crippen LogP contribution is -2.39. The standard InChI is InChI=1S/C16H14F4N4O2/c17-7-14-21-22-15-8-23(1-2-24(14)15)16(26)5-10(25)3-9-4-12(19)13(20)6-11(9)18/h4,6H,1-3,5,7-8H2. The summed E-state index contributed by atoms with van der Waals surface area (Å²) in [5, 5.41) is 7.48. The van der Waals surface area contributed by atoms with Crippen molar-refractivity contribution in [3.63, 3.8) is 0 Å². The molecular weight excluding hydrogens is 356 g/mol. The SMILES string of the molecule is O=C(CC(=O)N1CCn2c(CF)nnc2C1)Cc1cc(F)c(F)cc1F. The highest BCUT2D eigenvalue weighted by Crippen LogP contribution is 2.17. The summed E-state index contributed by atoms with van der Waals surface area (Å²) >= 11 is 0. The molecule has 0 N–H and O–H groups in total. The van der Waals surface area contributed by atoms with Crippen molar-refractivity contribution >= 4 is 11.7 Å². The van der Waals surface area contributed by atoms with Crippen LogP contribution in [0.3, 0.4) is 0 Å². The Morgan fingerprint density at radius 1 is 1.04 bits per heavy atom. The molecule has 2 heterocycles. The fraction of sp³-hybridized carbons (Fsp3) is 0.375. The monoisotopic (exact) mass is 370 g/mol. The van der Waals surface area contributed by atoms with Crippen LogP contribution in [0.5, 0.6) is 0 Å². The van der Waals surface area contributed by atoms with Gasteiger partial charge in [0, 0.05) is 25.6 Å². The Labute approximate surface area is 145 Å². The minimum Gasteiger partial charge on any atom is -0.333 e. The third-order valence-corrected chi connectivity index (χ3v) is 4.13. The van der Waals surface area contributed by atoms with Gasteiger partial charge in [0.15, 0.2) is 23.3 Å². The first kappa shape index (κ1) is 18.0. The first-order valence-corrected chi connectivity index (χ1v) is 7.79. The summed E-state index contributed by atoms with van der Waals surface area (Å²) < 4.78 is 54.0. The van der Waals surface area contributed by atoms with Crippen LogP contribution in [0.4, 0.5) is 17.6 Å². The van der Waals surface area contributed by atoms with Crippen molar-refractivity contribution in [1.82, 2.24) is 19.7 Å². The minimum atomic E-state index is -1.35. The van der Waals surface area contributed by atoms with Crippen LogP contribution >= 0.6 is 0 Å². The number of ketones is 1. The highest BCUT2D eigenvalue weighted by molar-refractivity contribution is 5.98. The molecule has 0 unspecified atom stereocenters. The third-order valence-electron chi connectivity index (χ3n) is 4.13. The van der Waals surface area contributed by atoms with Crippen molar-refractivity contribution in [2.45, 2.75) is 32.6 Å². The summed E-state index contributed by atoms with van der Waals surface area (Å²) in [6.45, 7) is -0.124. The van der Waals surface area contributed by atoms with E-state index in [1.54, 1.807) is 4.57 Å². The van der Waals surface area contributed by atoms with Crippen molar-refractivity contribution in [2.75, 3.05) is 6.54 Å². The molecule has 1 amide bonds. The van der Waals surface area contributed by atoms with Crippen molar-refractivity contribution < 1.29 is 27.2 Å². The Morgan fingerprint density at radius 3 is 2.50 bits per heavy atom. The molecule has 1 aromatic carbocycles. The number of aromatic nitrogens is 3. The topological polar surface area (TPSA) is 68.1 Å². The average Bonchev–Trinajstić information content (AvgIpc) is 3.01. The summed E-state index contributed by atoms with van der Waals surface area (Å²) in [5.74, 6) is -4.20. The van der Waals surface area contributed by atoms with E-state index < -0.39 is 48.7 Å². The molecule has 10 heteroatoms. The number of alkyl halides is 1. The largest absolute Gasteiger partial charge is 0.333 e. The van der Waals surface area contributed by atoms with Crippen LogP contribution in [0, 0.1) is 17.5 Å². The Bertz CT molecular complexity index is 868. The molecular formula is C16H14F4N4O2. The number of hydrogen-bond acceptors (Lipinski definition) is 4. The number of nitrogens with zero attached hydrogens (tertiary/aromatic N) is 4. The summed E-state index contributed by atoms with van der Waals surface area (Å²) in [6, 6.07) is 0.967. The quantitative estimate of drug-likeness (QED) is 0.457. The predicted octanol–water partition coefficient (Wildman–Crippen LogP) is 1.71. The molecule has 0 aliphatic carbocycles. The number of rotatable bonds is 5. The zero-order chi connectivity index (χ0) is 18.8. The first-order chi connectivity index (χ1) is 12.4. The van der Waals surface area contributed by atoms with Crippen LogP contribution in [0.25, 0.3) is 0 Å². The van der Waals surface area contributed by atoms with Crippen LogP contribution in [0.15, 0.2) is 12.1 Å². The van der Waals surface area contributed by atoms with E-state index in [-0.39, 0.29) is 24.5 Å². The lowest BCUT2D eigenvalue weighted by atomic mass is 10.1. The molecule has 1 aliphatic rings. The number of carbonyl (C=O) groups is 2. The molecule has 2 aromatic rings. The fourth-order valence-electron chi connectivity index (χ4n) is 2.78. The van der Waals surface area contributed by atoms with E-state index in [1.807, 2.05) is 0 Å². The molecule has 0 saturated carbocycles. The molecule has 0 spiro atoms. The highest BCUT2D eigenvalue weighted by Gasteiger charge is 2.26. The van der Waals surface area contributed by atoms with Crippen LogP contribution in [0.2, 0.25) is 0 Å². The molecule has 1 aliphatic heterocycles. The Hall–Kier alpha value is -2.78. The number of carbonyl (C=O) groups excluding carboxylic acids is 2. The number of halogens is 4. The van der Waals surface area contributed by atoms with Gasteiger partial charge in [-0.05, 0) is 11.6 Å². The van der Waals surface area contributed by atoms with Gasteiger partial charge in [0.05, 0.1) is 13.0 Å². The molecule has 1 aromatic heterocycles. The third kappa shape index (κ3) is 3.58. The Balaban J connectivity index is 1.61. The highest BCUT2D eigenvalue weighted by atomic mass is 19.2. The van der Waals surface area contributed by atoms with Gasteiger partial charge >= 0.3 is 0 Å². The van der Waals surface area contributed by atoms with Crippen LogP contribution < -0.4 is 0 Å². The zero-order valence-electron chi connectivity index (χ0n) is 13.5. The molecule has 0 atom stereocenters. The molecule has 6 nitrogen and oxygen atoms in total. The predicted molar refractivity (Wildman–Crippen MR) is 79.9 cm³/mol. The van der Waals surface area contributed by atoms with Gasteiger partial charge in [-0.15, -0.1) is 10.2 Å². The van der Waals surface area contributed by atoms with Crippen molar-refractivity contribution in [1.29, 1.82) is 0 Å². The lowest BCUT2D eigenvalue weighted by molar-refractivity contribution is -0.136. The van der Waals surface area contributed by atoms with Gasteiger partial charge in [-0.1, -0.05) is 0 Å². The normalized spacial score (nSPS) is 13.6. The maximum Gasteiger partial charge on any atom is 0.230 e. The van der Waals surface area contributed by atoms with Gasteiger partial charge in [0.2, 0.25) is 5.91 Å². The smallest absolute Gasteiger partial charge is 0.230 e. The van der Waals surface area contributed by atoms with Crippen LogP contribution in [0.1, 0.15) is 23.6 Å². The summed E-state index contributed by atoms with van der Waals surface area (Å²) in [7, 11) is 0. The van der Waals surface area contributed by atoms with E-state index in [2.05, 4.69) is 10.2 Å². The van der Waals surface area contributed by atoms with E-state index in [1.165, 1.54) is 4.90 Å². The van der Waals surface area contributed by atoms with Gasteiger partial charge in [0.1, 0.15) is 18.3 Å². The maximum atomic E-state index is 13.6. The van der Waals surface area contributed by atoms with Gasteiger partial charge in [-0.3, -0.25) is 9.59 Å². The second-order valence-corrected chi connectivity index (χ2v) is 5.88. The van der Waals surface area contributed by atoms with E-state index in [9.17, 15) is 27.2 Å². The van der Waals surface area contributed by atoms with Gasteiger partial charge in [-0.2, -0.15) is 0 Å². The summed E-state index contributed by atoms with van der Waals surface area (Å²) in [6.07, 6.45) is -1.03. The van der Waals surface area contributed by atoms with Crippen molar-refractivity contribution in [3.8, 4) is 0 Å². The van der Waals surface area contributed by atoms with E-state index in [0.717, 1.165) is 0 Å². The molecule has 0 bridgehead atoms. The van der Waals surface area contributed by atoms with Gasteiger partial charge in [-0.25, -0.2) is 17.6 Å². The van der Waals surface area contributed by atoms with E-state index in [0.29, 0.717) is 24.5 Å². The van der Waals surface area contributed by atoms with Crippen LogP contribution in [-0.2, 0) is 35.8 Å². The number of fused-ring (bicyclic) bond motifs is 1. The summed E-state index contributed by atoms with van der Waals surface area (Å²) in [5.41, 5.74) is -0.312. The Kier molecular flexibility index (Phi) is 5.01. The van der Waals surface area contributed by atoms with Gasteiger partial charge in [0.25, 0.3) is 0 Å². The lowest BCUT2D eigenvalue weighted by Gasteiger charge is -2.27. The molecule has 26 heavy (non-hydrogen) atoms. The van der Waals surface area contributed by atoms with E-state index in [4.69, 9.17) is 0 Å². The Morgan fingerprint density at radius 2 is 1.77 bits per heavy atom. The van der Waals surface area contributed by atoms with Gasteiger partial charge < -0.3 is 9.47 Å². The minimum absolute atomic E-state index is 0.0820.